The Morgan fingerprint density at radius 1 is 1.00 bits per heavy atom. The van der Waals surface area contributed by atoms with Gasteiger partial charge in [0, 0.05) is 12.8 Å². The maximum absolute atomic E-state index is 5.97. The summed E-state index contributed by atoms with van der Waals surface area (Å²) in [7, 11) is 0. The fourth-order valence-electron chi connectivity index (χ4n) is 2.54. The van der Waals surface area contributed by atoms with E-state index in [1.54, 1.807) is 0 Å². The monoisotopic (exact) mass is 238 g/mol. The summed E-state index contributed by atoms with van der Waals surface area (Å²) in [5, 5.41) is 0. The Bertz CT molecular complexity index is 503. The van der Waals surface area contributed by atoms with E-state index in [0.29, 0.717) is 6.10 Å². The van der Waals surface area contributed by atoms with Crippen LogP contribution in [-0.4, -0.2) is 6.10 Å². The van der Waals surface area contributed by atoms with Gasteiger partial charge in [-0.15, -0.1) is 0 Å². The topological polar surface area (TPSA) is 9.23 Å². The number of hydrogen-bond acceptors (Lipinski definition) is 1. The van der Waals surface area contributed by atoms with Gasteiger partial charge in [0.05, 0.1) is 0 Å². The molecule has 0 N–H and O–H groups in total. The number of fused-ring (bicyclic) bond motifs is 1. The number of rotatable bonds is 3. The van der Waals surface area contributed by atoms with Gasteiger partial charge in [0.25, 0.3) is 0 Å². The van der Waals surface area contributed by atoms with Gasteiger partial charge in [-0.3, -0.25) is 0 Å². The lowest BCUT2D eigenvalue weighted by Gasteiger charge is -2.11. The minimum atomic E-state index is 0.301. The first kappa shape index (κ1) is 11.3. The van der Waals surface area contributed by atoms with Crippen LogP contribution in [-0.2, 0) is 19.3 Å². The van der Waals surface area contributed by atoms with Crippen LogP contribution in [0.3, 0.4) is 0 Å². The highest BCUT2D eigenvalue weighted by Crippen LogP contribution is 2.29. The summed E-state index contributed by atoms with van der Waals surface area (Å²) >= 11 is 0. The molecule has 3 rings (SSSR count). The SMILES string of the molecule is CCc1ccc(CC2Cc3ccccc3O2)cc1. The fourth-order valence-corrected chi connectivity index (χ4v) is 2.54. The number of aryl methyl sites for hydroxylation is 1. The third-order valence-corrected chi connectivity index (χ3v) is 3.61. The van der Waals surface area contributed by atoms with Gasteiger partial charge in [0.1, 0.15) is 11.9 Å². The van der Waals surface area contributed by atoms with E-state index in [4.69, 9.17) is 4.74 Å². The average molecular weight is 238 g/mol. The summed E-state index contributed by atoms with van der Waals surface area (Å²) in [6, 6.07) is 17.2. The van der Waals surface area contributed by atoms with Crippen molar-refractivity contribution in [2.24, 2.45) is 0 Å². The van der Waals surface area contributed by atoms with E-state index in [0.717, 1.165) is 25.0 Å². The van der Waals surface area contributed by atoms with Crippen LogP contribution in [0.25, 0.3) is 0 Å². The molecule has 1 heteroatoms. The highest BCUT2D eigenvalue weighted by Gasteiger charge is 2.22. The average Bonchev–Trinajstić information content (AvgIpc) is 2.82. The molecule has 0 saturated heterocycles. The molecule has 0 amide bonds. The summed E-state index contributed by atoms with van der Waals surface area (Å²) in [4.78, 5) is 0. The van der Waals surface area contributed by atoms with Crippen molar-refractivity contribution in [2.75, 3.05) is 0 Å². The number of para-hydroxylation sites is 1. The lowest BCUT2D eigenvalue weighted by Crippen LogP contribution is -2.16. The standard InChI is InChI=1S/C17H18O/c1-2-13-7-9-14(10-8-13)11-16-12-15-5-3-4-6-17(15)18-16/h3-10,16H,2,11-12H2,1H3. The largest absolute Gasteiger partial charge is 0.489 e. The minimum Gasteiger partial charge on any atom is -0.489 e. The van der Waals surface area contributed by atoms with Crippen LogP contribution >= 0.6 is 0 Å². The molecule has 1 nitrogen and oxygen atoms in total. The maximum atomic E-state index is 5.97. The summed E-state index contributed by atoms with van der Waals surface area (Å²) in [5.41, 5.74) is 4.10. The van der Waals surface area contributed by atoms with Crippen molar-refractivity contribution in [1.82, 2.24) is 0 Å². The van der Waals surface area contributed by atoms with E-state index in [2.05, 4.69) is 49.4 Å². The minimum absolute atomic E-state index is 0.301. The molecule has 18 heavy (non-hydrogen) atoms. The molecule has 92 valence electrons. The normalized spacial score (nSPS) is 17.3. The number of ether oxygens (including phenoxy) is 1. The molecule has 1 unspecified atom stereocenters. The van der Waals surface area contributed by atoms with E-state index < -0.39 is 0 Å². The van der Waals surface area contributed by atoms with Gasteiger partial charge < -0.3 is 4.74 Å². The van der Waals surface area contributed by atoms with Gasteiger partial charge in [-0.05, 0) is 29.2 Å². The Morgan fingerprint density at radius 3 is 2.44 bits per heavy atom. The molecule has 0 radical (unpaired) electrons. The molecule has 2 aromatic rings. The molecule has 1 atom stereocenters. The second kappa shape index (κ2) is 4.85. The second-order valence-electron chi connectivity index (χ2n) is 4.93. The van der Waals surface area contributed by atoms with Crippen molar-refractivity contribution in [3.05, 3.63) is 65.2 Å². The maximum Gasteiger partial charge on any atom is 0.123 e. The Kier molecular flexibility index (Phi) is 3.06. The van der Waals surface area contributed by atoms with Gasteiger partial charge in [-0.25, -0.2) is 0 Å². The quantitative estimate of drug-likeness (QED) is 0.790. The molecule has 0 bridgehead atoms. The lowest BCUT2D eigenvalue weighted by atomic mass is 10.0. The fraction of sp³-hybridized carbons (Fsp3) is 0.294. The molecule has 0 fully saturated rings. The van der Waals surface area contributed by atoms with Crippen molar-refractivity contribution in [3.63, 3.8) is 0 Å². The van der Waals surface area contributed by atoms with Crippen LogP contribution in [0, 0.1) is 0 Å². The smallest absolute Gasteiger partial charge is 0.123 e. The van der Waals surface area contributed by atoms with Crippen molar-refractivity contribution in [2.45, 2.75) is 32.3 Å². The van der Waals surface area contributed by atoms with Crippen LogP contribution in [0.4, 0.5) is 0 Å². The summed E-state index contributed by atoms with van der Waals surface area (Å²) in [6.07, 6.45) is 3.44. The molecule has 2 aromatic carbocycles. The van der Waals surface area contributed by atoms with Crippen molar-refractivity contribution >= 4 is 0 Å². The van der Waals surface area contributed by atoms with Crippen molar-refractivity contribution in [1.29, 1.82) is 0 Å². The van der Waals surface area contributed by atoms with Gasteiger partial charge in [-0.2, -0.15) is 0 Å². The third-order valence-electron chi connectivity index (χ3n) is 3.61. The van der Waals surface area contributed by atoms with Gasteiger partial charge in [-0.1, -0.05) is 49.4 Å². The Balaban J connectivity index is 1.68. The summed E-state index contributed by atoms with van der Waals surface area (Å²) < 4.78 is 5.97. The molecule has 0 aliphatic carbocycles. The number of benzene rings is 2. The zero-order valence-corrected chi connectivity index (χ0v) is 10.7. The van der Waals surface area contributed by atoms with Crippen LogP contribution in [0.1, 0.15) is 23.6 Å². The highest BCUT2D eigenvalue weighted by molar-refractivity contribution is 5.37. The summed E-state index contributed by atoms with van der Waals surface area (Å²) in [6.45, 7) is 2.19. The molecule has 1 aliphatic rings. The zero-order valence-electron chi connectivity index (χ0n) is 10.7. The van der Waals surface area contributed by atoms with Crippen molar-refractivity contribution < 1.29 is 4.74 Å². The first-order chi connectivity index (χ1) is 8.85. The predicted octanol–water partition coefficient (Wildman–Crippen LogP) is 3.80. The highest BCUT2D eigenvalue weighted by atomic mass is 16.5. The first-order valence-corrected chi connectivity index (χ1v) is 6.67. The van der Waals surface area contributed by atoms with E-state index in [1.165, 1.54) is 16.7 Å². The second-order valence-corrected chi connectivity index (χ2v) is 4.93. The molecule has 1 heterocycles. The van der Waals surface area contributed by atoms with Gasteiger partial charge >= 0.3 is 0 Å². The molecular weight excluding hydrogens is 220 g/mol. The van der Waals surface area contributed by atoms with E-state index in [-0.39, 0.29) is 0 Å². The van der Waals surface area contributed by atoms with E-state index in [9.17, 15) is 0 Å². The first-order valence-electron chi connectivity index (χ1n) is 6.67. The Hall–Kier alpha value is -1.76. The number of hydrogen-bond donors (Lipinski definition) is 0. The van der Waals surface area contributed by atoms with Crippen LogP contribution in [0.2, 0.25) is 0 Å². The zero-order chi connectivity index (χ0) is 12.4. The van der Waals surface area contributed by atoms with Crippen molar-refractivity contribution in [3.8, 4) is 5.75 Å². The molecule has 0 aromatic heterocycles. The molecule has 0 saturated carbocycles. The Morgan fingerprint density at radius 2 is 1.72 bits per heavy atom. The van der Waals surface area contributed by atoms with Crippen LogP contribution in [0.15, 0.2) is 48.5 Å². The van der Waals surface area contributed by atoms with Gasteiger partial charge in [0.15, 0.2) is 0 Å². The van der Waals surface area contributed by atoms with Crippen LogP contribution in [0.5, 0.6) is 5.75 Å². The van der Waals surface area contributed by atoms with Crippen LogP contribution < -0.4 is 4.74 Å². The van der Waals surface area contributed by atoms with E-state index >= 15 is 0 Å². The lowest BCUT2D eigenvalue weighted by molar-refractivity contribution is 0.233. The predicted molar refractivity (Wildman–Crippen MR) is 74.1 cm³/mol. The summed E-state index contributed by atoms with van der Waals surface area (Å²) in [5.74, 6) is 1.06. The van der Waals surface area contributed by atoms with E-state index in [1.807, 2.05) is 6.07 Å². The molecule has 1 aliphatic heterocycles. The third kappa shape index (κ3) is 2.26. The molecule has 0 spiro atoms. The van der Waals surface area contributed by atoms with Gasteiger partial charge in [0.2, 0.25) is 0 Å². The Labute approximate surface area is 108 Å². The molecular formula is C17H18O.